The highest BCUT2D eigenvalue weighted by molar-refractivity contribution is 5.91. The quantitative estimate of drug-likeness (QED) is 0.621. The van der Waals surface area contributed by atoms with Crippen LogP contribution in [0.5, 0.6) is 17.2 Å². The Morgan fingerprint density at radius 2 is 1.77 bits per heavy atom. The molecular weight excluding hydrogens is 407 g/mol. The van der Waals surface area contributed by atoms with Crippen molar-refractivity contribution in [3.8, 4) is 17.2 Å². The number of likely N-dealkylation sites (tertiary alicyclic amines) is 1. The van der Waals surface area contributed by atoms with Gasteiger partial charge in [0.05, 0.1) is 27.4 Å². The van der Waals surface area contributed by atoms with Crippen LogP contribution in [0.1, 0.15) is 19.3 Å². The molecule has 1 aliphatic heterocycles. The zero-order valence-corrected chi connectivity index (χ0v) is 17.1. The first-order chi connectivity index (χ1) is 14.2. The van der Waals surface area contributed by atoms with E-state index in [1.807, 2.05) is 5.32 Å². The maximum absolute atomic E-state index is 12.4. The highest BCUT2D eigenvalue weighted by Gasteiger charge is 2.34. The number of carbonyl (C=O) groups is 2. The number of benzene rings is 1. The van der Waals surface area contributed by atoms with Gasteiger partial charge in [0.15, 0.2) is 11.5 Å². The minimum Gasteiger partial charge on any atom is -0.493 e. The van der Waals surface area contributed by atoms with Crippen molar-refractivity contribution in [1.29, 1.82) is 0 Å². The lowest BCUT2D eigenvalue weighted by atomic mass is 10.2. The van der Waals surface area contributed by atoms with Gasteiger partial charge in [-0.25, -0.2) is 0 Å². The fourth-order valence-electron chi connectivity index (χ4n) is 3.32. The van der Waals surface area contributed by atoms with E-state index in [0.29, 0.717) is 42.3 Å². The monoisotopic (exact) mass is 433 g/mol. The second-order valence-corrected chi connectivity index (χ2v) is 6.74. The summed E-state index contributed by atoms with van der Waals surface area (Å²) >= 11 is 0. The largest absolute Gasteiger partial charge is 0.493 e. The maximum atomic E-state index is 12.4. The van der Waals surface area contributed by atoms with Gasteiger partial charge in [-0.05, 0) is 19.4 Å². The van der Waals surface area contributed by atoms with Crippen LogP contribution >= 0.6 is 0 Å². The third kappa shape index (κ3) is 6.41. The molecule has 1 heterocycles. The summed E-state index contributed by atoms with van der Waals surface area (Å²) in [7, 11) is 4.39. The molecule has 0 radical (unpaired) electrons. The number of halogens is 3. The molecule has 11 heteroatoms. The standard InChI is InChI=1S/C19H26F3N3O5/c1-28-14-9-12(10-15(29-2)17(14)30-3)24-16(26)6-8-25-7-4-5-13(25)18(27)23-11-19(20,21)22/h9-10,13H,4-8,11H2,1-3H3,(H,23,27)(H,24,26). The first-order valence-electron chi connectivity index (χ1n) is 9.37. The number of amides is 2. The van der Waals surface area contributed by atoms with Crippen molar-refractivity contribution >= 4 is 17.5 Å². The number of rotatable bonds is 9. The second-order valence-electron chi connectivity index (χ2n) is 6.74. The number of hydrogen-bond acceptors (Lipinski definition) is 6. The van der Waals surface area contributed by atoms with Gasteiger partial charge in [-0.3, -0.25) is 14.5 Å². The Bertz CT molecular complexity index is 732. The summed E-state index contributed by atoms with van der Waals surface area (Å²) in [6.45, 7) is -0.570. The van der Waals surface area contributed by atoms with Crippen LogP contribution in [-0.2, 0) is 9.59 Å². The van der Waals surface area contributed by atoms with Gasteiger partial charge in [0, 0.05) is 30.8 Å². The fourth-order valence-corrected chi connectivity index (χ4v) is 3.32. The van der Waals surface area contributed by atoms with Gasteiger partial charge >= 0.3 is 6.18 Å². The molecule has 2 rings (SSSR count). The Morgan fingerprint density at radius 1 is 1.13 bits per heavy atom. The van der Waals surface area contributed by atoms with Crippen LogP contribution < -0.4 is 24.8 Å². The normalized spacial score (nSPS) is 16.8. The summed E-state index contributed by atoms with van der Waals surface area (Å²) < 4.78 is 52.6. The number of carbonyl (C=O) groups excluding carboxylic acids is 2. The van der Waals surface area contributed by atoms with E-state index in [-0.39, 0.29) is 18.9 Å². The van der Waals surface area contributed by atoms with E-state index >= 15 is 0 Å². The first-order valence-corrected chi connectivity index (χ1v) is 9.37. The number of methoxy groups -OCH3 is 3. The molecule has 1 atom stereocenters. The molecule has 0 saturated carbocycles. The highest BCUT2D eigenvalue weighted by atomic mass is 19.4. The molecule has 30 heavy (non-hydrogen) atoms. The molecule has 2 amide bonds. The van der Waals surface area contributed by atoms with Crippen LogP contribution in [0, 0.1) is 0 Å². The van der Waals surface area contributed by atoms with Crippen molar-refractivity contribution < 1.29 is 37.0 Å². The minimum absolute atomic E-state index is 0.0692. The minimum atomic E-state index is -4.46. The fraction of sp³-hybridized carbons (Fsp3) is 0.579. The molecular formula is C19H26F3N3O5. The lowest BCUT2D eigenvalue weighted by molar-refractivity contribution is -0.141. The van der Waals surface area contributed by atoms with Crippen molar-refractivity contribution in [2.24, 2.45) is 0 Å². The van der Waals surface area contributed by atoms with Crippen LogP contribution in [0.2, 0.25) is 0 Å². The zero-order valence-electron chi connectivity index (χ0n) is 17.1. The zero-order chi connectivity index (χ0) is 22.3. The first kappa shape index (κ1) is 23.6. The lowest BCUT2D eigenvalue weighted by Gasteiger charge is -2.23. The van der Waals surface area contributed by atoms with Gasteiger partial charge in [-0.1, -0.05) is 0 Å². The van der Waals surface area contributed by atoms with Crippen LogP contribution in [0.4, 0.5) is 18.9 Å². The predicted molar refractivity (Wildman–Crippen MR) is 103 cm³/mol. The van der Waals surface area contributed by atoms with E-state index in [1.165, 1.54) is 21.3 Å². The third-order valence-electron chi connectivity index (χ3n) is 4.70. The molecule has 1 saturated heterocycles. The van der Waals surface area contributed by atoms with Crippen LogP contribution in [0.15, 0.2) is 12.1 Å². The molecule has 0 bridgehead atoms. The highest BCUT2D eigenvalue weighted by Crippen LogP contribution is 2.39. The molecule has 168 valence electrons. The van der Waals surface area contributed by atoms with Crippen LogP contribution in [0.25, 0.3) is 0 Å². The lowest BCUT2D eigenvalue weighted by Crippen LogP contribution is -2.46. The molecule has 0 aromatic heterocycles. The topological polar surface area (TPSA) is 89.1 Å². The number of nitrogens with one attached hydrogen (secondary N) is 2. The van der Waals surface area contributed by atoms with E-state index in [2.05, 4.69) is 5.32 Å². The average Bonchev–Trinajstić information content (AvgIpc) is 3.17. The predicted octanol–water partition coefficient (Wildman–Crippen LogP) is 2.18. The van der Waals surface area contributed by atoms with E-state index in [4.69, 9.17) is 14.2 Å². The van der Waals surface area contributed by atoms with E-state index in [9.17, 15) is 22.8 Å². The number of anilines is 1. The molecule has 1 unspecified atom stereocenters. The number of hydrogen-bond donors (Lipinski definition) is 2. The Labute approximate surface area is 172 Å². The number of ether oxygens (including phenoxy) is 3. The maximum Gasteiger partial charge on any atom is 0.405 e. The second kappa shape index (κ2) is 10.4. The molecule has 1 aliphatic rings. The average molecular weight is 433 g/mol. The summed E-state index contributed by atoms with van der Waals surface area (Å²) in [5, 5.41) is 4.64. The summed E-state index contributed by atoms with van der Waals surface area (Å²) in [6.07, 6.45) is -3.25. The molecule has 2 N–H and O–H groups in total. The van der Waals surface area contributed by atoms with Crippen molar-refractivity contribution in [3.63, 3.8) is 0 Å². The van der Waals surface area contributed by atoms with Crippen LogP contribution in [0.3, 0.4) is 0 Å². The Balaban J connectivity index is 1.93. The van der Waals surface area contributed by atoms with Crippen molar-refractivity contribution in [1.82, 2.24) is 10.2 Å². The summed E-state index contributed by atoms with van der Waals surface area (Å²) in [6, 6.07) is 2.51. The van der Waals surface area contributed by atoms with Gasteiger partial charge in [0.25, 0.3) is 0 Å². The van der Waals surface area contributed by atoms with Gasteiger partial charge in [-0.2, -0.15) is 13.2 Å². The van der Waals surface area contributed by atoms with E-state index in [1.54, 1.807) is 17.0 Å². The Morgan fingerprint density at radius 3 is 2.30 bits per heavy atom. The molecule has 1 aromatic rings. The van der Waals surface area contributed by atoms with Gasteiger partial charge in [0.2, 0.25) is 17.6 Å². The summed E-state index contributed by atoms with van der Waals surface area (Å²) in [5.41, 5.74) is 0.440. The Hall–Kier alpha value is -2.69. The van der Waals surface area contributed by atoms with Crippen LogP contribution in [-0.4, -0.2) is 69.9 Å². The summed E-state index contributed by atoms with van der Waals surface area (Å²) in [4.78, 5) is 26.1. The van der Waals surface area contributed by atoms with Gasteiger partial charge in [0.1, 0.15) is 6.54 Å². The van der Waals surface area contributed by atoms with Crippen molar-refractivity contribution in [2.75, 3.05) is 46.3 Å². The number of alkyl halides is 3. The van der Waals surface area contributed by atoms with Gasteiger partial charge in [-0.15, -0.1) is 0 Å². The smallest absolute Gasteiger partial charge is 0.405 e. The van der Waals surface area contributed by atoms with Gasteiger partial charge < -0.3 is 24.8 Å². The Kier molecular flexibility index (Phi) is 8.16. The summed E-state index contributed by atoms with van der Waals surface area (Å²) in [5.74, 6) is 0.171. The van der Waals surface area contributed by atoms with Crippen molar-refractivity contribution in [3.05, 3.63) is 12.1 Å². The van der Waals surface area contributed by atoms with E-state index < -0.39 is 24.7 Å². The SMILES string of the molecule is COc1cc(NC(=O)CCN2CCCC2C(=O)NCC(F)(F)F)cc(OC)c1OC. The molecule has 1 fully saturated rings. The molecule has 1 aromatic carbocycles. The van der Waals surface area contributed by atoms with Crippen molar-refractivity contribution in [2.45, 2.75) is 31.5 Å². The third-order valence-corrected chi connectivity index (χ3v) is 4.70. The number of nitrogens with zero attached hydrogens (tertiary/aromatic N) is 1. The molecule has 0 aliphatic carbocycles. The van der Waals surface area contributed by atoms with E-state index in [0.717, 1.165) is 0 Å². The molecule has 8 nitrogen and oxygen atoms in total. The molecule has 0 spiro atoms.